The predicted molar refractivity (Wildman–Crippen MR) is 105 cm³/mol. The maximum Gasteiger partial charge on any atom is 0.265 e. The molecule has 3 aromatic rings. The minimum atomic E-state index is -0.176. The second-order valence-electron chi connectivity index (χ2n) is 5.75. The smallest absolute Gasteiger partial charge is 0.265 e. The normalized spacial score (nSPS) is 15.6. The number of anilines is 1. The molecule has 3 nitrogen and oxygen atoms in total. The molecule has 0 spiro atoms. The van der Waals surface area contributed by atoms with Gasteiger partial charge in [0.15, 0.2) is 0 Å². The van der Waals surface area contributed by atoms with Gasteiger partial charge in [0.1, 0.15) is 0 Å². The van der Waals surface area contributed by atoms with E-state index in [1.807, 2.05) is 36.4 Å². The summed E-state index contributed by atoms with van der Waals surface area (Å²) in [6, 6.07) is 18.4. The first-order valence-electron chi connectivity index (χ1n) is 7.95. The summed E-state index contributed by atoms with van der Waals surface area (Å²) in [5.74, 6) is 0.292. The van der Waals surface area contributed by atoms with Gasteiger partial charge in [-0.15, -0.1) is 0 Å². The molecule has 4 rings (SSSR count). The van der Waals surface area contributed by atoms with Crippen LogP contribution in [0.5, 0.6) is 0 Å². The van der Waals surface area contributed by atoms with Crippen LogP contribution in [0.2, 0.25) is 10.0 Å². The minimum absolute atomic E-state index is 0.176. The summed E-state index contributed by atoms with van der Waals surface area (Å²) in [6.07, 6.45) is 5.14. The van der Waals surface area contributed by atoms with Crippen molar-refractivity contribution >= 4 is 46.8 Å². The summed E-state index contributed by atoms with van der Waals surface area (Å²) < 4.78 is 5.47. The number of carbonyl (C=O) groups excluding carboxylic acids is 1. The molecule has 2 heterocycles. The van der Waals surface area contributed by atoms with Crippen molar-refractivity contribution in [1.82, 2.24) is 0 Å². The van der Waals surface area contributed by atoms with Gasteiger partial charge in [-0.2, -0.15) is 0 Å². The molecule has 1 aliphatic heterocycles. The molecule has 0 fully saturated rings. The fraction of sp³-hybridized carbons (Fsp3) is 0. The molecule has 0 bridgehead atoms. The molecule has 0 saturated heterocycles. The van der Waals surface area contributed by atoms with E-state index in [-0.39, 0.29) is 5.91 Å². The lowest BCUT2D eigenvalue weighted by atomic mass is 10.1. The Labute approximate surface area is 160 Å². The van der Waals surface area contributed by atoms with E-state index in [1.54, 1.807) is 47.6 Å². The van der Waals surface area contributed by atoms with Crippen LogP contribution in [-0.2, 0) is 4.79 Å². The fourth-order valence-corrected chi connectivity index (χ4v) is 3.30. The molecular formula is C21H13Cl2NO2. The van der Waals surface area contributed by atoms with Crippen LogP contribution in [0.15, 0.2) is 83.0 Å². The van der Waals surface area contributed by atoms with Crippen molar-refractivity contribution < 1.29 is 9.21 Å². The highest BCUT2D eigenvalue weighted by atomic mass is 35.5. The zero-order valence-electron chi connectivity index (χ0n) is 13.5. The Balaban J connectivity index is 1.82. The third kappa shape index (κ3) is 3.07. The molecular weight excluding hydrogens is 369 g/mol. The number of benzene rings is 2. The first-order chi connectivity index (χ1) is 12.6. The molecule has 0 aliphatic carbocycles. The number of carbonyl (C=O) groups is 1. The van der Waals surface area contributed by atoms with Gasteiger partial charge in [0, 0.05) is 21.7 Å². The Bertz CT molecular complexity index is 1020. The monoisotopic (exact) mass is 381 g/mol. The highest BCUT2D eigenvalue weighted by molar-refractivity contribution is 6.35. The van der Waals surface area contributed by atoms with E-state index in [0.717, 1.165) is 16.8 Å². The van der Waals surface area contributed by atoms with Crippen LogP contribution in [0.1, 0.15) is 11.1 Å². The molecule has 1 amide bonds. The summed E-state index contributed by atoms with van der Waals surface area (Å²) >= 11 is 12.2. The Morgan fingerprint density at radius 3 is 2.46 bits per heavy atom. The van der Waals surface area contributed by atoms with E-state index in [9.17, 15) is 4.79 Å². The third-order valence-corrected chi connectivity index (χ3v) is 4.62. The maximum atomic E-state index is 13.0. The first kappa shape index (κ1) is 16.7. The Morgan fingerprint density at radius 2 is 1.77 bits per heavy atom. The Morgan fingerprint density at radius 1 is 0.962 bits per heavy atom. The van der Waals surface area contributed by atoms with Crippen molar-refractivity contribution in [2.75, 3.05) is 4.90 Å². The van der Waals surface area contributed by atoms with E-state index < -0.39 is 0 Å². The molecule has 1 aromatic heterocycles. The quantitative estimate of drug-likeness (QED) is 0.516. The Hall–Kier alpha value is -2.75. The van der Waals surface area contributed by atoms with Gasteiger partial charge in [-0.3, -0.25) is 4.79 Å². The van der Waals surface area contributed by atoms with E-state index in [1.165, 1.54) is 0 Å². The van der Waals surface area contributed by atoms with Crippen molar-refractivity contribution in [3.05, 3.63) is 99.7 Å². The average Bonchev–Trinajstić information content (AvgIpc) is 3.26. The minimum Gasteiger partial charge on any atom is -0.448 e. The summed E-state index contributed by atoms with van der Waals surface area (Å²) in [5.41, 5.74) is 2.92. The maximum absolute atomic E-state index is 13.0. The Kier molecular flexibility index (Phi) is 4.41. The molecule has 5 heteroatoms. The molecule has 0 saturated carbocycles. The van der Waals surface area contributed by atoms with Gasteiger partial charge in [-0.25, -0.2) is 4.90 Å². The summed E-state index contributed by atoms with van der Waals surface area (Å²) in [6.45, 7) is 0. The van der Waals surface area contributed by atoms with Crippen LogP contribution in [0.25, 0.3) is 11.8 Å². The van der Waals surface area contributed by atoms with Gasteiger partial charge in [-0.1, -0.05) is 59.6 Å². The molecule has 0 atom stereocenters. The SMILES string of the molecule is O=C1/C(=C/c2ccc(Cl)cc2Cl)C=C(c2ccccc2)N1c1ccco1. The number of amides is 1. The van der Waals surface area contributed by atoms with Crippen molar-refractivity contribution in [3.63, 3.8) is 0 Å². The van der Waals surface area contributed by atoms with E-state index >= 15 is 0 Å². The second-order valence-corrected chi connectivity index (χ2v) is 6.60. The standard InChI is InChI=1S/C21H13Cl2NO2/c22-17-9-8-15(18(23)13-17)11-16-12-19(14-5-2-1-3-6-14)24(21(16)25)20-7-4-10-26-20/h1-13H/b16-11+. The van der Waals surface area contributed by atoms with E-state index in [4.69, 9.17) is 27.6 Å². The predicted octanol–water partition coefficient (Wildman–Crippen LogP) is 6.06. The molecule has 0 unspecified atom stereocenters. The number of halogens is 2. The molecule has 26 heavy (non-hydrogen) atoms. The van der Waals surface area contributed by atoms with Gasteiger partial charge >= 0.3 is 0 Å². The third-order valence-electron chi connectivity index (χ3n) is 4.05. The number of furan rings is 1. The van der Waals surface area contributed by atoms with Crippen molar-refractivity contribution in [2.45, 2.75) is 0 Å². The van der Waals surface area contributed by atoms with Crippen LogP contribution in [-0.4, -0.2) is 5.91 Å². The molecule has 0 radical (unpaired) electrons. The lowest BCUT2D eigenvalue weighted by Crippen LogP contribution is -2.24. The lowest BCUT2D eigenvalue weighted by Gasteiger charge is -2.17. The van der Waals surface area contributed by atoms with Gasteiger partial charge < -0.3 is 4.42 Å². The summed E-state index contributed by atoms with van der Waals surface area (Å²) in [4.78, 5) is 14.6. The zero-order valence-corrected chi connectivity index (χ0v) is 15.0. The molecule has 0 N–H and O–H groups in total. The van der Waals surface area contributed by atoms with E-state index in [0.29, 0.717) is 21.5 Å². The van der Waals surface area contributed by atoms with Crippen molar-refractivity contribution in [1.29, 1.82) is 0 Å². The van der Waals surface area contributed by atoms with Gasteiger partial charge in [0.25, 0.3) is 5.91 Å². The number of hydrogen-bond acceptors (Lipinski definition) is 2. The topological polar surface area (TPSA) is 33.5 Å². The van der Waals surface area contributed by atoms with Crippen LogP contribution in [0, 0.1) is 0 Å². The number of nitrogens with zero attached hydrogens (tertiary/aromatic N) is 1. The van der Waals surface area contributed by atoms with Crippen LogP contribution in [0.3, 0.4) is 0 Å². The average molecular weight is 382 g/mol. The van der Waals surface area contributed by atoms with Crippen LogP contribution >= 0.6 is 23.2 Å². The van der Waals surface area contributed by atoms with Crippen molar-refractivity contribution in [2.24, 2.45) is 0 Å². The van der Waals surface area contributed by atoms with Gasteiger partial charge in [0.05, 0.1) is 12.0 Å². The fourth-order valence-electron chi connectivity index (χ4n) is 2.84. The second kappa shape index (κ2) is 6.87. The largest absolute Gasteiger partial charge is 0.448 e. The highest BCUT2D eigenvalue weighted by Gasteiger charge is 2.32. The zero-order chi connectivity index (χ0) is 18.1. The van der Waals surface area contributed by atoms with Crippen LogP contribution < -0.4 is 4.90 Å². The molecule has 128 valence electrons. The van der Waals surface area contributed by atoms with Gasteiger partial charge in [-0.05, 0) is 41.5 Å². The number of rotatable bonds is 3. The first-order valence-corrected chi connectivity index (χ1v) is 8.71. The molecule has 2 aromatic carbocycles. The van der Waals surface area contributed by atoms with E-state index in [2.05, 4.69) is 0 Å². The lowest BCUT2D eigenvalue weighted by molar-refractivity contribution is -0.113. The van der Waals surface area contributed by atoms with Gasteiger partial charge in [0.2, 0.25) is 5.88 Å². The van der Waals surface area contributed by atoms with Crippen LogP contribution in [0.4, 0.5) is 5.88 Å². The van der Waals surface area contributed by atoms with Crippen molar-refractivity contribution in [3.8, 4) is 0 Å². The summed E-state index contributed by atoms with van der Waals surface area (Å²) in [7, 11) is 0. The number of hydrogen-bond donors (Lipinski definition) is 0. The highest BCUT2D eigenvalue weighted by Crippen LogP contribution is 2.36. The summed E-state index contributed by atoms with van der Waals surface area (Å²) in [5, 5.41) is 1.04. The molecule has 1 aliphatic rings.